The van der Waals surface area contributed by atoms with Gasteiger partial charge in [0.2, 0.25) is 0 Å². The van der Waals surface area contributed by atoms with Crippen molar-refractivity contribution in [3.05, 3.63) is 29.3 Å². The summed E-state index contributed by atoms with van der Waals surface area (Å²) in [7, 11) is 0. The second-order valence-corrected chi connectivity index (χ2v) is 5.09. The van der Waals surface area contributed by atoms with Crippen molar-refractivity contribution in [1.29, 1.82) is 0 Å². The van der Waals surface area contributed by atoms with E-state index in [0.717, 1.165) is 44.5 Å². The fourth-order valence-electron chi connectivity index (χ4n) is 3.03. The van der Waals surface area contributed by atoms with Gasteiger partial charge in [0, 0.05) is 17.8 Å². The molecule has 1 saturated heterocycles. The highest BCUT2D eigenvalue weighted by Crippen LogP contribution is 2.36. The Morgan fingerprint density at radius 3 is 2.82 bits per heavy atom. The van der Waals surface area contributed by atoms with E-state index in [1.54, 1.807) is 0 Å². The van der Waals surface area contributed by atoms with E-state index in [0.29, 0.717) is 5.92 Å². The quantitative estimate of drug-likeness (QED) is 0.727. The molecule has 17 heavy (non-hydrogen) atoms. The number of anilines is 1. The molecule has 0 radical (unpaired) electrons. The van der Waals surface area contributed by atoms with Crippen LogP contribution in [-0.4, -0.2) is 24.7 Å². The Hall–Kier alpha value is -1.06. The molecule has 0 amide bonds. The maximum atomic E-state index is 10.5. The number of hydrogen-bond acceptors (Lipinski definition) is 3. The molecule has 0 aliphatic carbocycles. The third kappa shape index (κ3) is 2.05. The first-order chi connectivity index (χ1) is 8.36. The van der Waals surface area contributed by atoms with Crippen molar-refractivity contribution in [2.75, 3.05) is 25.0 Å². The Kier molecular flexibility index (Phi) is 3.04. The molecule has 1 aromatic rings. The van der Waals surface area contributed by atoms with Crippen LogP contribution in [0.1, 0.15) is 30.1 Å². The zero-order valence-electron chi connectivity index (χ0n) is 10.1. The van der Waals surface area contributed by atoms with Crippen LogP contribution in [0.2, 0.25) is 0 Å². The summed E-state index contributed by atoms with van der Waals surface area (Å²) >= 11 is 0. The third-order valence-corrected chi connectivity index (χ3v) is 4.03. The lowest BCUT2D eigenvalue weighted by molar-refractivity contribution is 0.0895. The molecule has 2 aliphatic heterocycles. The Balaban J connectivity index is 1.85. The molecule has 1 atom stereocenters. The van der Waals surface area contributed by atoms with Crippen LogP contribution in [-0.2, 0) is 6.42 Å². The van der Waals surface area contributed by atoms with E-state index in [4.69, 9.17) is 0 Å². The van der Waals surface area contributed by atoms with Gasteiger partial charge >= 0.3 is 0 Å². The monoisotopic (exact) mass is 232 g/mol. The third-order valence-electron chi connectivity index (χ3n) is 4.03. The number of benzene rings is 1. The van der Waals surface area contributed by atoms with Gasteiger partial charge in [-0.3, -0.25) is 0 Å². The van der Waals surface area contributed by atoms with E-state index in [1.807, 2.05) is 0 Å². The van der Waals surface area contributed by atoms with Crippen molar-refractivity contribution in [2.45, 2.75) is 25.4 Å². The van der Waals surface area contributed by atoms with Gasteiger partial charge in [-0.1, -0.05) is 18.2 Å². The molecule has 3 heteroatoms. The van der Waals surface area contributed by atoms with Crippen LogP contribution in [0.3, 0.4) is 0 Å². The second-order valence-electron chi connectivity index (χ2n) is 5.09. The highest BCUT2D eigenvalue weighted by Gasteiger charge is 2.26. The van der Waals surface area contributed by atoms with E-state index < -0.39 is 0 Å². The first-order valence-electron chi connectivity index (χ1n) is 6.60. The summed E-state index contributed by atoms with van der Waals surface area (Å²) in [5.41, 5.74) is 3.65. The highest BCUT2D eigenvalue weighted by molar-refractivity contribution is 5.62. The van der Waals surface area contributed by atoms with Crippen LogP contribution in [0.5, 0.6) is 0 Å². The minimum atomic E-state index is -0.308. The fourth-order valence-corrected chi connectivity index (χ4v) is 3.03. The molecular formula is C14H20N2O. The molecule has 0 unspecified atom stereocenters. The molecule has 0 aromatic heterocycles. The van der Waals surface area contributed by atoms with E-state index >= 15 is 0 Å². The SMILES string of the molecule is O[C@@H](c1cccc2c1NCC2)C1CCNCC1. The maximum absolute atomic E-state index is 10.5. The first kappa shape index (κ1) is 11.1. The molecule has 2 heterocycles. The van der Waals surface area contributed by atoms with Gasteiger partial charge in [-0.05, 0) is 43.8 Å². The van der Waals surface area contributed by atoms with Crippen molar-refractivity contribution < 1.29 is 5.11 Å². The molecule has 3 N–H and O–H groups in total. The molecule has 1 aromatic carbocycles. The van der Waals surface area contributed by atoms with Gasteiger partial charge in [0.05, 0.1) is 6.10 Å². The number of aliphatic hydroxyl groups excluding tert-OH is 1. The lowest BCUT2D eigenvalue weighted by atomic mass is 9.87. The van der Waals surface area contributed by atoms with E-state index in [2.05, 4.69) is 28.8 Å². The van der Waals surface area contributed by atoms with Crippen molar-refractivity contribution in [3.8, 4) is 0 Å². The van der Waals surface area contributed by atoms with Gasteiger partial charge in [-0.25, -0.2) is 0 Å². The predicted molar refractivity (Wildman–Crippen MR) is 69.2 cm³/mol. The summed E-state index contributed by atoms with van der Waals surface area (Å²) in [4.78, 5) is 0. The predicted octanol–water partition coefficient (Wildman–Crippen LogP) is 1.69. The maximum Gasteiger partial charge on any atom is 0.0839 e. The minimum absolute atomic E-state index is 0.308. The number of nitrogens with one attached hydrogen (secondary N) is 2. The Morgan fingerprint density at radius 2 is 2.00 bits per heavy atom. The lowest BCUT2D eigenvalue weighted by Crippen LogP contribution is -2.31. The van der Waals surface area contributed by atoms with Gasteiger partial charge in [-0.2, -0.15) is 0 Å². The second kappa shape index (κ2) is 4.67. The number of piperidine rings is 1. The zero-order chi connectivity index (χ0) is 11.7. The largest absolute Gasteiger partial charge is 0.388 e. The normalized spacial score (nSPS) is 21.9. The molecule has 92 valence electrons. The highest BCUT2D eigenvalue weighted by atomic mass is 16.3. The average molecular weight is 232 g/mol. The average Bonchev–Trinajstić information content (AvgIpc) is 2.87. The summed E-state index contributed by atoms with van der Waals surface area (Å²) < 4.78 is 0. The van der Waals surface area contributed by atoms with Gasteiger partial charge in [0.1, 0.15) is 0 Å². The van der Waals surface area contributed by atoms with Gasteiger partial charge in [-0.15, -0.1) is 0 Å². The summed E-state index contributed by atoms with van der Waals surface area (Å²) in [6.45, 7) is 3.07. The fraction of sp³-hybridized carbons (Fsp3) is 0.571. The van der Waals surface area contributed by atoms with E-state index in [1.165, 1.54) is 11.3 Å². The van der Waals surface area contributed by atoms with Crippen molar-refractivity contribution >= 4 is 5.69 Å². The number of fused-ring (bicyclic) bond motifs is 1. The summed E-state index contributed by atoms with van der Waals surface area (Å²) in [5, 5.41) is 17.3. The summed E-state index contributed by atoms with van der Waals surface area (Å²) in [5.74, 6) is 0.408. The first-order valence-corrected chi connectivity index (χ1v) is 6.60. The van der Waals surface area contributed by atoms with Gasteiger partial charge in [0.15, 0.2) is 0 Å². The number of hydrogen-bond donors (Lipinski definition) is 3. The molecule has 1 fully saturated rings. The Morgan fingerprint density at radius 1 is 1.18 bits per heavy atom. The standard InChI is InChI=1S/C14H20N2O/c17-14(11-4-7-15-8-5-11)12-3-1-2-10-6-9-16-13(10)12/h1-3,11,14-17H,4-9H2/t14-/m1/s1. The summed E-state index contributed by atoms with van der Waals surface area (Å²) in [6, 6.07) is 6.31. The molecule has 2 aliphatic rings. The molecule has 0 bridgehead atoms. The smallest absolute Gasteiger partial charge is 0.0839 e. The number of aliphatic hydroxyl groups is 1. The number of rotatable bonds is 2. The molecule has 0 spiro atoms. The van der Waals surface area contributed by atoms with Gasteiger partial charge < -0.3 is 15.7 Å². The van der Waals surface area contributed by atoms with Crippen molar-refractivity contribution in [3.63, 3.8) is 0 Å². The van der Waals surface area contributed by atoms with Crippen LogP contribution < -0.4 is 10.6 Å². The van der Waals surface area contributed by atoms with Crippen LogP contribution in [0.4, 0.5) is 5.69 Å². The molecule has 3 rings (SSSR count). The zero-order valence-corrected chi connectivity index (χ0v) is 10.1. The van der Waals surface area contributed by atoms with Crippen molar-refractivity contribution in [2.24, 2.45) is 5.92 Å². The Bertz CT molecular complexity index is 399. The van der Waals surface area contributed by atoms with Crippen LogP contribution in [0.25, 0.3) is 0 Å². The minimum Gasteiger partial charge on any atom is -0.388 e. The van der Waals surface area contributed by atoms with Crippen LogP contribution >= 0.6 is 0 Å². The van der Waals surface area contributed by atoms with Crippen LogP contribution in [0, 0.1) is 5.92 Å². The van der Waals surface area contributed by atoms with Crippen LogP contribution in [0.15, 0.2) is 18.2 Å². The molecule has 0 saturated carbocycles. The Labute approximate surface area is 102 Å². The summed E-state index contributed by atoms with van der Waals surface area (Å²) in [6.07, 6.45) is 2.93. The van der Waals surface area contributed by atoms with E-state index in [-0.39, 0.29) is 6.10 Å². The topological polar surface area (TPSA) is 44.3 Å². The molecule has 3 nitrogen and oxygen atoms in total. The van der Waals surface area contributed by atoms with E-state index in [9.17, 15) is 5.11 Å². The lowest BCUT2D eigenvalue weighted by Gasteiger charge is -2.28. The number of para-hydroxylation sites is 1. The molecular weight excluding hydrogens is 212 g/mol. The van der Waals surface area contributed by atoms with Gasteiger partial charge in [0.25, 0.3) is 0 Å². The van der Waals surface area contributed by atoms with Crippen molar-refractivity contribution in [1.82, 2.24) is 5.32 Å².